The molecule has 1 aliphatic heterocycles. The maximum Gasteiger partial charge on any atom is 0.312 e. The third-order valence-electron chi connectivity index (χ3n) is 3.28. The number of nitrogens with zero attached hydrogens (tertiary/aromatic N) is 3. The van der Waals surface area contributed by atoms with E-state index >= 15 is 0 Å². The van der Waals surface area contributed by atoms with E-state index in [1.807, 2.05) is 19.1 Å². The molecular weight excluding hydrogens is 242 g/mol. The largest absolute Gasteiger partial charge is 0.333 e. The standard InChI is InChI=1S/C14H15N3O2/c1-2-16-7-8-17(14(19)13(16)18)10-12-6-4-3-5-11(12)9-15/h3-6H,2,7-8,10H2,1H3. The third kappa shape index (κ3) is 2.58. The van der Waals surface area contributed by atoms with Gasteiger partial charge in [0.15, 0.2) is 0 Å². The van der Waals surface area contributed by atoms with Crippen molar-refractivity contribution in [2.45, 2.75) is 13.5 Å². The van der Waals surface area contributed by atoms with E-state index in [9.17, 15) is 9.59 Å². The van der Waals surface area contributed by atoms with Gasteiger partial charge in [-0.3, -0.25) is 9.59 Å². The summed E-state index contributed by atoms with van der Waals surface area (Å²) in [4.78, 5) is 26.8. The number of hydrogen-bond donors (Lipinski definition) is 0. The number of amides is 2. The molecule has 2 rings (SSSR count). The molecule has 19 heavy (non-hydrogen) atoms. The second-order valence-corrected chi connectivity index (χ2v) is 4.38. The summed E-state index contributed by atoms with van der Waals surface area (Å²) in [6.07, 6.45) is 0. The number of carbonyl (C=O) groups is 2. The molecule has 5 nitrogen and oxygen atoms in total. The van der Waals surface area contributed by atoms with Crippen LogP contribution in [0.5, 0.6) is 0 Å². The van der Waals surface area contributed by atoms with Crippen molar-refractivity contribution >= 4 is 11.8 Å². The summed E-state index contributed by atoms with van der Waals surface area (Å²) in [7, 11) is 0. The van der Waals surface area contributed by atoms with Gasteiger partial charge in [-0.2, -0.15) is 5.26 Å². The lowest BCUT2D eigenvalue weighted by Gasteiger charge is -2.33. The Kier molecular flexibility index (Phi) is 3.81. The second-order valence-electron chi connectivity index (χ2n) is 4.38. The molecule has 0 aliphatic carbocycles. The van der Waals surface area contributed by atoms with Gasteiger partial charge < -0.3 is 9.80 Å². The van der Waals surface area contributed by atoms with Crippen LogP contribution in [0.2, 0.25) is 0 Å². The monoisotopic (exact) mass is 257 g/mol. The number of hydrogen-bond acceptors (Lipinski definition) is 3. The van der Waals surface area contributed by atoms with Crippen molar-refractivity contribution < 1.29 is 9.59 Å². The van der Waals surface area contributed by atoms with Crippen molar-refractivity contribution in [3.8, 4) is 6.07 Å². The zero-order valence-corrected chi connectivity index (χ0v) is 10.8. The minimum Gasteiger partial charge on any atom is -0.333 e. The zero-order valence-electron chi connectivity index (χ0n) is 10.8. The topological polar surface area (TPSA) is 64.4 Å². The fourth-order valence-corrected chi connectivity index (χ4v) is 2.14. The number of piperazine rings is 1. The van der Waals surface area contributed by atoms with E-state index in [1.54, 1.807) is 12.1 Å². The molecule has 1 heterocycles. The molecule has 0 spiro atoms. The van der Waals surface area contributed by atoms with Gasteiger partial charge in [0.2, 0.25) is 0 Å². The fraction of sp³-hybridized carbons (Fsp3) is 0.357. The van der Waals surface area contributed by atoms with Crippen molar-refractivity contribution in [1.29, 1.82) is 5.26 Å². The average Bonchev–Trinajstić information content (AvgIpc) is 2.45. The minimum atomic E-state index is -0.485. The van der Waals surface area contributed by atoms with E-state index in [-0.39, 0.29) is 0 Å². The Morgan fingerprint density at radius 1 is 1.16 bits per heavy atom. The van der Waals surface area contributed by atoms with Crippen LogP contribution in [0.3, 0.4) is 0 Å². The fourth-order valence-electron chi connectivity index (χ4n) is 2.14. The lowest BCUT2D eigenvalue weighted by molar-refractivity contribution is -0.156. The Morgan fingerprint density at radius 2 is 1.79 bits per heavy atom. The van der Waals surface area contributed by atoms with Crippen molar-refractivity contribution in [1.82, 2.24) is 9.80 Å². The SMILES string of the molecule is CCN1CCN(Cc2ccccc2C#N)C(=O)C1=O. The number of likely N-dealkylation sites (N-methyl/N-ethyl adjacent to an activating group) is 1. The van der Waals surface area contributed by atoms with Crippen molar-refractivity contribution in [2.75, 3.05) is 19.6 Å². The smallest absolute Gasteiger partial charge is 0.312 e. The number of benzene rings is 1. The predicted molar refractivity (Wildman–Crippen MR) is 68.8 cm³/mol. The van der Waals surface area contributed by atoms with Gasteiger partial charge in [-0.25, -0.2) is 0 Å². The highest BCUT2D eigenvalue weighted by Gasteiger charge is 2.31. The summed E-state index contributed by atoms with van der Waals surface area (Å²) in [6.45, 7) is 3.78. The van der Waals surface area contributed by atoms with Crippen LogP contribution in [0.25, 0.3) is 0 Å². The molecule has 0 atom stereocenters. The quantitative estimate of drug-likeness (QED) is 0.750. The highest BCUT2D eigenvalue weighted by Crippen LogP contribution is 2.13. The molecule has 1 saturated heterocycles. The van der Waals surface area contributed by atoms with Gasteiger partial charge in [-0.1, -0.05) is 18.2 Å². The molecule has 5 heteroatoms. The van der Waals surface area contributed by atoms with E-state index in [4.69, 9.17) is 5.26 Å². The van der Waals surface area contributed by atoms with Gasteiger partial charge in [0.25, 0.3) is 0 Å². The molecule has 1 fully saturated rings. The predicted octanol–water partition coefficient (Wildman–Crippen LogP) is 0.749. The first-order valence-corrected chi connectivity index (χ1v) is 6.23. The Bertz CT molecular complexity index is 548. The summed E-state index contributed by atoms with van der Waals surface area (Å²) in [6, 6.07) is 9.22. The van der Waals surface area contributed by atoms with Gasteiger partial charge in [0, 0.05) is 26.2 Å². The molecule has 0 radical (unpaired) electrons. The van der Waals surface area contributed by atoms with Crippen molar-refractivity contribution in [3.05, 3.63) is 35.4 Å². The van der Waals surface area contributed by atoms with Crippen molar-refractivity contribution in [3.63, 3.8) is 0 Å². The summed E-state index contributed by atoms with van der Waals surface area (Å²) < 4.78 is 0. The Hall–Kier alpha value is -2.35. The van der Waals surface area contributed by atoms with Crippen LogP contribution < -0.4 is 0 Å². The van der Waals surface area contributed by atoms with E-state index < -0.39 is 11.8 Å². The van der Waals surface area contributed by atoms with E-state index in [0.29, 0.717) is 31.7 Å². The first-order valence-electron chi connectivity index (χ1n) is 6.23. The maximum atomic E-state index is 12.0. The van der Waals surface area contributed by atoms with Gasteiger partial charge in [0.1, 0.15) is 0 Å². The third-order valence-corrected chi connectivity index (χ3v) is 3.28. The van der Waals surface area contributed by atoms with E-state index in [1.165, 1.54) is 9.80 Å². The summed E-state index contributed by atoms with van der Waals surface area (Å²) in [5.74, 6) is -0.941. The average molecular weight is 257 g/mol. The van der Waals surface area contributed by atoms with Crippen LogP contribution in [-0.4, -0.2) is 41.2 Å². The number of carbonyl (C=O) groups excluding carboxylic acids is 2. The molecule has 98 valence electrons. The lowest BCUT2D eigenvalue weighted by atomic mass is 10.1. The molecule has 1 aromatic carbocycles. The number of rotatable bonds is 3. The Morgan fingerprint density at radius 3 is 2.47 bits per heavy atom. The van der Waals surface area contributed by atoms with Crippen LogP contribution in [0.15, 0.2) is 24.3 Å². The first kappa shape index (κ1) is 13.1. The molecule has 1 aliphatic rings. The first-order chi connectivity index (χ1) is 9.17. The van der Waals surface area contributed by atoms with Crippen LogP contribution in [0, 0.1) is 11.3 Å². The van der Waals surface area contributed by atoms with Gasteiger partial charge in [-0.15, -0.1) is 0 Å². The minimum absolute atomic E-state index is 0.311. The molecule has 2 amide bonds. The van der Waals surface area contributed by atoms with Crippen LogP contribution in [-0.2, 0) is 16.1 Å². The molecule has 0 unspecified atom stereocenters. The zero-order chi connectivity index (χ0) is 13.8. The van der Waals surface area contributed by atoms with Crippen LogP contribution in [0.1, 0.15) is 18.1 Å². The van der Waals surface area contributed by atoms with E-state index in [2.05, 4.69) is 6.07 Å². The molecule has 0 saturated carbocycles. The van der Waals surface area contributed by atoms with Gasteiger partial charge in [0.05, 0.1) is 11.6 Å². The molecular formula is C14H15N3O2. The Labute approximate surface area is 112 Å². The normalized spacial score (nSPS) is 15.6. The molecule has 0 aromatic heterocycles. The maximum absolute atomic E-state index is 12.0. The van der Waals surface area contributed by atoms with E-state index in [0.717, 1.165) is 5.56 Å². The number of nitriles is 1. The molecule has 0 bridgehead atoms. The summed E-state index contributed by atoms with van der Waals surface area (Å²) in [5.41, 5.74) is 1.32. The van der Waals surface area contributed by atoms with Crippen LogP contribution in [0.4, 0.5) is 0 Å². The summed E-state index contributed by atoms with van der Waals surface area (Å²) >= 11 is 0. The second kappa shape index (κ2) is 5.53. The highest BCUT2D eigenvalue weighted by atomic mass is 16.2. The summed E-state index contributed by atoms with van der Waals surface area (Å²) in [5, 5.41) is 9.02. The molecule has 0 N–H and O–H groups in total. The lowest BCUT2D eigenvalue weighted by Crippen LogP contribution is -2.53. The van der Waals surface area contributed by atoms with Crippen LogP contribution >= 0.6 is 0 Å². The highest BCUT2D eigenvalue weighted by molar-refractivity contribution is 6.35. The molecule has 1 aromatic rings. The van der Waals surface area contributed by atoms with Gasteiger partial charge >= 0.3 is 11.8 Å². The van der Waals surface area contributed by atoms with Gasteiger partial charge in [-0.05, 0) is 18.6 Å². The Balaban J connectivity index is 2.15. The van der Waals surface area contributed by atoms with Crippen molar-refractivity contribution in [2.24, 2.45) is 0 Å².